The minimum absolute atomic E-state index is 0.202. The minimum Gasteiger partial charge on any atom is -0.481 e. The summed E-state index contributed by atoms with van der Waals surface area (Å²) in [5.41, 5.74) is 0.643. The number of anilines is 1. The summed E-state index contributed by atoms with van der Waals surface area (Å²) in [6.07, 6.45) is -3.01. The number of carbonyl (C=O) groups excluding carboxylic acids is 1. The molecular weight excluding hydrogens is 361 g/mol. The van der Waals surface area contributed by atoms with Crippen LogP contribution in [0.4, 0.5) is 19.0 Å². The Hall–Kier alpha value is -2.71. The monoisotopic (exact) mass is 382 g/mol. The molecule has 0 aliphatic carbocycles. The zero-order chi connectivity index (χ0) is 20.0. The van der Waals surface area contributed by atoms with Crippen LogP contribution in [0.25, 0.3) is 11.4 Å². The maximum absolute atomic E-state index is 12.4. The number of Topliss-reactive ketones (excluding diaryl/α,β-unsaturated/α-hetero) is 1. The van der Waals surface area contributed by atoms with E-state index in [4.69, 9.17) is 4.74 Å². The lowest BCUT2D eigenvalue weighted by Crippen LogP contribution is -2.35. The average molecular weight is 382 g/mol. The van der Waals surface area contributed by atoms with Crippen molar-refractivity contribution in [3.05, 3.63) is 30.6 Å². The molecule has 0 amide bonds. The predicted octanol–water partition coefficient (Wildman–Crippen LogP) is 3.90. The summed E-state index contributed by atoms with van der Waals surface area (Å²) < 4.78 is 42.2. The summed E-state index contributed by atoms with van der Waals surface area (Å²) in [6, 6.07) is 4.19. The molecule has 0 bridgehead atoms. The van der Waals surface area contributed by atoms with Gasteiger partial charge in [0.1, 0.15) is 5.82 Å². The second kappa shape index (κ2) is 8.79. The molecule has 2 aromatic rings. The third-order valence-corrected chi connectivity index (χ3v) is 3.83. The zero-order valence-electron chi connectivity index (χ0n) is 15.2. The van der Waals surface area contributed by atoms with Crippen LogP contribution in [0.5, 0.6) is 5.88 Å². The highest BCUT2D eigenvalue weighted by molar-refractivity contribution is 5.86. The number of hydrogen-bond acceptors (Lipinski definition) is 6. The van der Waals surface area contributed by atoms with Crippen molar-refractivity contribution in [3.63, 3.8) is 0 Å². The van der Waals surface area contributed by atoms with Crippen LogP contribution in [0.1, 0.15) is 26.7 Å². The third-order valence-electron chi connectivity index (χ3n) is 3.83. The molecule has 0 saturated carbocycles. The molecule has 27 heavy (non-hydrogen) atoms. The van der Waals surface area contributed by atoms with Crippen LogP contribution in [-0.4, -0.2) is 40.1 Å². The second-order valence-electron chi connectivity index (χ2n) is 6.30. The van der Waals surface area contributed by atoms with E-state index >= 15 is 0 Å². The van der Waals surface area contributed by atoms with Crippen LogP contribution in [0.15, 0.2) is 30.6 Å². The quantitative estimate of drug-likeness (QED) is 0.746. The molecule has 0 aliphatic heterocycles. The molecular formula is C18H21F3N4O2. The molecule has 0 saturated heterocycles. The van der Waals surface area contributed by atoms with Gasteiger partial charge in [-0.05, 0) is 18.1 Å². The Morgan fingerprint density at radius 1 is 1.22 bits per heavy atom. The maximum Gasteiger partial charge on any atom is 0.389 e. The highest BCUT2D eigenvalue weighted by Gasteiger charge is 2.31. The van der Waals surface area contributed by atoms with Crippen molar-refractivity contribution in [1.82, 2.24) is 15.0 Å². The van der Waals surface area contributed by atoms with Crippen LogP contribution in [-0.2, 0) is 4.79 Å². The van der Waals surface area contributed by atoms with Crippen molar-refractivity contribution < 1.29 is 22.7 Å². The van der Waals surface area contributed by atoms with Crippen molar-refractivity contribution in [2.75, 3.05) is 12.4 Å². The van der Waals surface area contributed by atoms with E-state index in [1.165, 1.54) is 13.3 Å². The van der Waals surface area contributed by atoms with Gasteiger partial charge in [0.2, 0.25) is 5.88 Å². The molecule has 2 rings (SSSR count). The van der Waals surface area contributed by atoms with Gasteiger partial charge in [0.25, 0.3) is 0 Å². The van der Waals surface area contributed by atoms with Gasteiger partial charge in [-0.25, -0.2) is 15.0 Å². The van der Waals surface area contributed by atoms with Crippen molar-refractivity contribution in [3.8, 4) is 17.3 Å². The number of nitrogens with zero attached hydrogens (tertiary/aromatic N) is 3. The van der Waals surface area contributed by atoms with Crippen LogP contribution >= 0.6 is 0 Å². The fourth-order valence-corrected chi connectivity index (χ4v) is 2.41. The summed E-state index contributed by atoms with van der Waals surface area (Å²) in [4.78, 5) is 24.8. The Balaban J connectivity index is 2.14. The largest absolute Gasteiger partial charge is 0.481 e. The SMILES string of the molecule is COc1ccc(-c2nccc(N[C@@H](C(=O)CCC(F)(F)F)C(C)C)n2)cn1. The first-order valence-electron chi connectivity index (χ1n) is 8.39. The number of methoxy groups -OCH3 is 1. The normalized spacial score (nSPS) is 12.7. The van der Waals surface area contributed by atoms with Crippen LogP contribution < -0.4 is 10.1 Å². The molecule has 1 atom stereocenters. The third kappa shape index (κ3) is 6.19. The molecule has 0 fully saturated rings. The zero-order valence-corrected chi connectivity index (χ0v) is 15.2. The first-order valence-corrected chi connectivity index (χ1v) is 8.39. The molecule has 146 valence electrons. The Bertz CT molecular complexity index is 764. The molecule has 6 nitrogen and oxygen atoms in total. The molecule has 0 radical (unpaired) electrons. The van der Waals surface area contributed by atoms with E-state index in [0.29, 0.717) is 23.1 Å². The van der Waals surface area contributed by atoms with Crippen molar-refractivity contribution in [2.45, 2.75) is 38.9 Å². The Morgan fingerprint density at radius 3 is 2.52 bits per heavy atom. The Morgan fingerprint density at radius 2 is 1.96 bits per heavy atom. The van der Waals surface area contributed by atoms with Crippen LogP contribution in [0.3, 0.4) is 0 Å². The van der Waals surface area contributed by atoms with E-state index in [1.54, 1.807) is 38.2 Å². The topological polar surface area (TPSA) is 77.0 Å². The number of pyridine rings is 1. The van der Waals surface area contributed by atoms with Gasteiger partial charge in [0.15, 0.2) is 11.6 Å². The second-order valence-corrected chi connectivity index (χ2v) is 6.30. The number of carbonyl (C=O) groups is 1. The number of nitrogens with one attached hydrogen (secondary N) is 1. The first kappa shape index (κ1) is 20.6. The van der Waals surface area contributed by atoms with Gasteiger partial charge in [0, 0.05) is 30.4 Å². The van der Waals surface area contributed by atoms with Crippen molar-refractivity contribution in [2.24, 2.45) is 5.92 Å². The van der Waals surface area contributed by atoms with Gasteiger partial charge >= 0.3 is 6.18 Å². The lowest BCUT2D eigenvalue weighted by Gasteiger charge is -2.22. The molecule has 1 N–H and O–H groups in total. The van der Waals surface area contributed by atoms with E-state index in [1.807, 2.05) is 0 Å². The number of ketones is 1. The van der Waals surface area contributed by atoms with Gasteiger partial charge in [-0.3, -0.25) is 4.79 Å². The Labute approximate surface area is 155 Å². The van der Waals surface area contributed by atoms with E-state index in [9.17, 15) is 18.0 Å². The van der Waals surface area contributed by atoms with Crippen molar-refractivity contribution in [1.29, 1.82) is 0 Å². The minimum atomic E-state index is -4.36. The van der Waals surface area contributed by atoms with E-state index < -0.39 is 30.8 Å². The first-order chi connectivity index (χ1) is 12.7. The van der Waals surface area contributed by atoms with Gasteiger partial charge < -0.3 is 10.1 Å². The summed E-state index contributed by atoms with van der Waals surface area (Å²) in [7, 11) is 1.50. The average Bonchev–Trinajstić information content (AvgIpc) is 2.63. The molecule has 2 aromatic heterocycles. The molecule has 0 unspecified atom stereocenters. The number of rotatable bonds is 8. The predicted molar refractivity (Wildman–Crippen MR) is 94.4 cm³/mol. The number of hydrogen-bond donors (Lipinski definition) is 1. The lowest BCUT2D eigenvalue weighted by molar-refractivity contribution is -0.143. The summed E-state index contributed by atoms with van der Waals surface area (Å²) in [6.45, 7) is 3.53. The van der Waals surface area contributed by atoms with E-state index in [-0.39, 0.29) is 5.92 Å². The smallest absolute Gasteiger partial charge is 0.389 e. The molecule has 9 heteroatoms. The van der Waals surface area contributed by atoms with Crippen LogP contribution in [0, 0.1) is 5.92 Å². The van der Waals surface area contributed by atoms with Crippen LogP contribution in [0.2, 0.25) is 0 Å². The highest BCUT2D eigenvalue weighted by Crippen LogP contribution is 2.24. The fraction of sp³-hybridized carbons (Fsp3) is 0.444. The van der Waals surface area contributed by atoms with Gasteiger partial charge in [-0.15, -0.1) is 0 Å². The molecule has 0 aliphatic rings. The number of alkyl halides is 3. The molecule has 0 aromatic carbocycles. The maximum atomic E-state index is 12.4. The van der Waals surface area contributed by atoms with Gasteiger partial charge in [0.05, 0.1) is 19.6 Å². The lowest BCUT2D eigenvalue weighted by atomic mass is 9.97. The molecule has 2 heterocycles. The summed E-state index contributed by atoms with van der Waals surface area (Å²) in [5, 5.41) is 2.93. The number of aromatic nitrogens is 3. The van der Waals surface area contributed by atoms with Gasteiger partial charge in [-0.2, -0.15) is 13.2 Å². The summed E-state index contributed by atoms with van der Waals surface area (Å²) in [5.74, 6) is 0.471. The van der Waals surface area contributed by atoms with E-state index in [2.05, 4.69) is 20.3 Å². The van der Waals surface area contributed by atoms with Gasteiger partial charge in [-0.1, -0.05) is 13.8 Å². The van der Waals surface area contributed by atoms with Crippen molar-refractivity contribution >= 4 is 11.6 Å². The van der Waals surface area contributed by atoms with E-state index in [0.717, 1.165) is 0 Å². The molecule has 0 spiro atoms. The summed E-state index contributed by atoms with van der Waals surface area (Å²) >= 11 is 0. The Kier molecular flexibility index (Phi) is 6.70. The highest BCUT2D eigenvalue weighted by atomic mass is 19.4. The number of halogens is 3. The fourth-order valence-electron chi connectivity index (χ4n) is 2.41. The number of ether oxygens (including phenoxy) is 1. The standard InChI is InChI=1S/C18H21F3N4O2/c1-11(2)16(13(26)6-8-18(19,20)21)24-14-7-9-22-17(25-14)12-4-5-15(27-3)23-10-12/h4-5,7,9-11,16H,6,8H2,1-3H3,(H,22,24,25)/t16-/m1/s1.